The molecule has 0 saturated heterocycles. The minimum atomic E-state index is -0.284. The Morgan fingerprint density at radius 3 is 2.70 bits per heavy atom. The highest BCUT2D eigenvalue weighted by atomic mass is 19.1. The van der Waals surface area contributed by atoms with Crippen molar-refractivity contribution >= 4 is 5.91 Å². The maximum atomic E-state index is 13.4. The van der Waals surface area contributed by atoms with E-state index in [1.807, 2.05) is 42.1 Å². The maximum absolute atomic E-state index is 13.4. The number of nitrogens with zero attached hydrogens (tertiary/aromatic N) is 1. The van der Waals surface area contributed by atoms with E-state index < -0.39 is 0 Å². The molecule has 0 unspecified atom stereocenters. The third kappa shape index (κ3) is 3.70. The molecule has 2 aromatic rings. The summed E-state index contributed by atoms with van der Waals surface area (Å²) in [7, 11) is 0. The van der Waals surface area contributed by atoms with Gasteiger partial charge < -0.3 is 9.88 Å². The van der Waals surface area contributed by atoms with Gasteiger partial charge in [-0.3, -0.25) is 4.79 Å². The van der Waals surface area contributed by atoms with Crippen molar-refractivity contribution in [2.24, 2.45) is 0 Å². The molecule has 0 aliphatic heterocycles. The Labute approximate surface area is 118 Å². The monoisotopic (exact) mass is 274 g/mol. The van der Waals surface area contributed by atoms with Crippen molar-refractivity contribution in [1.82, 2.24) is 9.88 Å². The molecule has 1 aromatic heterocycles. The molecule has 1 amide bonds. The molecule has 0 aliphatic carbocycles. The molecule has 1 heterocycles. The summed E-state index contributed by atoms with van der Waals surface area (Å²) < 4.78 is 15.3. The van der Waals surface area contributed by atoms with Gasteiger partial charge in [-0.15, -0.1) is 0 Å². The fraction of sp³-hybridized carbons (Fsp3) is 0.312. The Kier molecular flexibility index (Phi) is 4.93. The molecule has 1 atom stereocenters. The van der Waals surface area contributed by atoms with Gasteiger partial charge >= 0.3 is 0 Å². The minimum absolute atomic E-state index is 0.0187. The Balaban J connectivity index is 2.20. The molecule has 0 saturated carbocycles. The first-order valence-electron chi connectivity index (χ1n) is 6.85. The van der Waals surface area contributed by atoms with Gasteiger partial charge in [0.05, 0.1) is 12.5 Å². The van der Waals surface area contributed by atoms with E-state index in [2.05, 4.69) is 5.32 Å². The summed E-state index contributed by atoms with van der Waals surface area (Å²) in [5.41, 5.74) is 0.799. The highest BCUT2D eigenvalue weighted by molar-refractivity contribution is 5.76. The molecular formula is C16H19FN2O. The van der Waals surface area contributed by atoms with Crippen molar-refractivity contribution < 1.29 is 9.18 Å². The van der Waals surface area contributed by atoms with E-state index in [4.69, 9.17) is 0 Å². The predicted octanol–water partition coefficient (Wildman–Crippen LogP) is 3.13. The van der Waals surface area contributed by atoms with Crippen LogP contribution in [0.3, 0.4) is 0 Å². The van der Waals surface area contributed by atoms with Crippen molar-refractivity contribution in [2.75, 3.05) is 6.54 Å². The topological polar surface area (TPSA) is 34.0 Å². The number of hydrogen-bond acceptors (Lipinski definition) is 1. The zero-order chi connectivity index (χ0) is 14.4. The van der Waals surface area contributed by atoms with Crippen LogP contribution in [0.1, 0.15) is 31.4 Å². The number of benzene rings is 1. The molecule has 0 spiro atoms. The Morgan fingerprint density at radius 1 is 1.30 bits per heavy atom. The van der Waals surface area contributed by atoms with Crippen LogP contribution in [0.2, 0.25) is 0 Å². The average Bonchev–Trinajstić information content (AvgIpc) is 2.96. The van der Waals surface area contributed by atoms with Crippen LogP contribution in [0, 0.1) is 5.82 Å². The summed E-state index contributed by atoms with van der Waals surface area (Å²) >= 11 is 0. The summed E-state index contributed by atoms with van der Waals surface area (Å²) in [5.74, 6) is -0.302. The third-order valence-electron chi connectivity index (χ3n) is 3.17. The second kappa shape index (κ2) is 6.89. The molecule has 106 valence electrons. The molecule has 0 aliphatic rings. The maximum Gasteiger partial charge on any atom is 0.222 e. The molecule has 0 fully saturated rings. The zero-order valence-electron chi connectivity index (χ0n) is 11.6. The lowest BCUT2D eigenvalue weighted by Gasteiger charge is -2.19. The van der Waals surface area contributed by atoms with Gasteiger partial charge in [0.15, 0.2) is 0 Å². The van der Waals surface area contributed by atoms with Crippen LogP contribution in [0.5, 0.6) is 0 Å². The first-order chi connectivity index (χ1) is 9.70. The van der Waals surface area contributed by atoms with Gasteiger partial charge in [0.2, 0.25) is 5.91 Å². The quantitative estimate of drug-likeness (QED) is 0.862. The first-order valence-corrected chi connectivity index (χ1v) is 6.85. The van der Waals surface area contributed by atoms with Gasteiger partial charge in [-0.1, -0.05) is 19.1 Å². The SMILES string of the molecule is CCCNC(=O)C[C@@H](c1cccc(F)c1)n1cccc1. The van der Waals surface area contributed by atoms with E-state index in [9.17, 15) is 9.18 Å². The number of hydrogen-bond donors (Lipinski definition) is 1. The Hall–Kier alpha value is -2.10. The van der Waals surface area contributed by atoms with E-state index in [1.54, 1.807) is 6.07 Å². The lowest BCUT2D eigenvalue weighted by atomic mass is 10.0. The van der Waals surface area contributed by atoms with Crippen LogP contribution in [0.15, 0.2) is 48.8 Å². The zero-order valence-corrected chi connectivity index (χ0v) is 11.6. The van der Waals surface area contributed by atoms with E-state index in [-0.39, 0.29) is 17.8 Å². The number of halogens is 1. The molecular weight excluding hydrogens is 255 g/mol. The van der Waals surface area contributed by atoms with Gasteiger partial charge in [0.1, 0.15) is 5.82 Å². The van der Waals surface area contributed by atoms with Gasteiger partial charge in [-0.2, -0.15) is 0 Å². The Bertz CT molecular complexity index is 551. The molecule has 4 heteroatoms. The van der Waals surface area contributed by atoms with Gasteiger partial charge in [-0.25, -0.2) is 4.39 Å². The number of carbonyl (C=O) groups excluding carboxylic acids is 1. The standard InChI is InChI=1S/C16H19FN2O/c1-2-8-18-16(20)12-15(19-9-3-4-10-19)13-6-5-7-14(17)11-13/h3-7,9-11,15H,2,8,12H2,1H3,(H,18,20)/t15-/m0/s1. The van der Waals surface area contributed by atoms with E-state index in [1.165, 1.54) is 12.1 Å². The summed E-state index contributed by atoms with van der Waals surface area (Å²) in [6, 6.07) is 10.0. The first kappa shape index (κ1) is 14.3. The molecule has 20 heavy (non-hydrogen) atoms. The summed E-state index contributed by atoms with van der Waals surface area (Å²) in [6.45, 7) is 2.68. The third-order valence-corrected chi connectivity index (χ3v) is 3.17. The van der Waals surface area contributed by atoms with Crippen molar-refractivity contribution in [1.29, 1.82) is 0 Å². The molecule has 0 bridgehead atoms. The van der Waals surface area contributed by atoms with E-state index in [0.717, 1.165) is 12.0 Å². The van der Waals surface area contributed by atoms with Crippen molar-refractivity contribution in [3.05, 3.63) is 60.2 Å². The lowest BCUT2D eigenvalue weighted by Crippen LogP contribution is -2.27. The number of rotatable bonds is 6. The van der Waals surface area contributed by atoms with Crippen molar-refractivity contribution in [3.63, 3.8) is 0 Å². The summed E-state index contributed by atoms with van der Waals surface area (Å²) in [4.78, 5) is 11.9. The van der Waals surface area contributed by atoms with Crippen LogP contribution in [-0.4, -0.2) is 17.0 Å². The largest absolute Gasteiger partial charge is 0.356 e. The van der Waals surface area contributed by atoms with Gasteiger partial charge in [0, 0.05) is 18.9 Å². The highest BCUT2D eigenvalue weighted by Crippen LogP contribution is 2.23. The summed E-state index contributed by atoms with van der Waals surface area (Å²) in [5, 5.41) is 2.86. The fourth-order valence-electron chi connectivity index (χ4n) is 2.18. The predicted molar refractivity (Wildman–Crippen MR) is 76.9 cm³/mol. The molecule has 0 radical (unpaired) electrons. The number of aromatic nitrogens is 1. The second-order valence-corrected chi connectivity index (χ2v) is 4.76. The van der Waals surface area contributed by atoms with Crippen LogP contribution >= 0.6 is 0 Å². The van der Waals surface area contributed by atoms with Crippen LogP contribution in [0.4, 0.5) is 4.39 Å². The van der Waals surface area contributed by atoms with Crippen LogP contribution in [0.25, 0.3) is 0 Å². The molecule has 2 rings (SSSR count). The lowest BCUT2D eigenvalue weighted by molar-refractivity contribution is -0.121. The normalized spacial score (nSPS) is 12.1. The molecule has 1 N–H and O–H groups in total. The van der Waals surface area contributed by atoms with Crippen molar-refractivity contribution in [3.8, 4) is 0 Å². The Morgan fingerprint density at radius 2 is 2.05 bits per heavy atom. The van der Waals surface area contributed by atoms with Crippen molar-refractivity contribution in [2.45, 2.75) is 25.8 Å². The van der Waals surface area contributed by atoms with Gasteiger partial charge in [0.25, 0.3) is 0 Å². The minimum Gasteiger partial charge on any atom is -0.356 e. The number of amides is 1. The number of carbonyl (C=O) groups is 1. The molecule has 1 aromatic carbocycles. The highest BCUT2D eigenvalue weighted by Gasteiger charge is 2.17. The smallest absolute Gasteiger partial charge is 0.222 e. The fourth-order valence-corrected chi connectivity index (χ4v) is 2.18. The summed E-state index contributed by atoms with van der Waals surface area (Å²) in [6.07, 6.45) is 4.99. The average molecular weight is 274 g/mol. The van der Waals surface area contributed by atoms with E-state index >= 15 is 0 Å². The molecule has 3 nitrogen and oxygen atoms in total. The number of nitrogens with one attached hydrogen (secondary N) is 1. The second-order valence-electron chi connectivity index (χ2n) is 4.76. The van der Waals surface area contributed by atoms with Crippen LogP contribution < -0.4 is 5.32 Å². The van der Waals surface area contributed by atoms with Gasteiger partial charge in [-0.05, 0) is 36.2 Å². The van der Waals surface area contributed by atoms with Crippen LogP contribution in [-0.2, 0) is 4.79 Å². The van der Waals surface area contributed by atoms with E-state index in [0.29, 0.717) is 13.0 Å².